The van der Waals surface area contributed by atoms with E-state index in [0.717, 1.165) is 16.1 Å². The van der Waals surface area contributed by atoms with Gasteiger partial charge in [-0.05, 0) is 5.56 Å². The Hall–Kier alpha value is -1.68. The van der Waals surface area contributed by atoms with Gasteiger partial charge in [-0.3, -0.25) is 4.79 Å². The summed E-state index contributed by atoms with van der Waals surface area (Å²) in [5.74, 6) is 0. The Morgan fingerprint density at radius 2 is 2.13 bits per heavy atom. The van der Waals surface area contributed by atoms with Gasteiger partial charge in [-0.15, -0.1) is 11.3 Å². The summed E-state index contributed by atoms with van der Waals surface area (Å²) in [6.45, 7) is 0.672. The van der Waals surface area contributed by atoms with Crippen molar-refractivity contribution in [1.82, 2.24) is 4.98 Å². The number of benzene rings is 1. The molecule has 1 heterocycles. The Morgan fingerprint density at radius 1 is 1.33 bits per heavy atom. The minimum Gasteiger partial charge on any atom is -0.461 e. The largest absolute Gasteiger partial charge is 0.461 e. The molecule has 15 heavy (non-hydrogen) atoms. The van der Waals surface area contributed by atoms with Crippen LogP contribution in [0.5, 0.6) is 0 Å². The number of thiazole rings is 1. The van der Waals surface area contributed by atoms with Crippen molar-refractivity contribution >= 4 is 17.8 Å². The van der Waals surface area contributed by atoms with E-state index in [4.69, 9.17) is 4.74 Å². The molecule has 0 aliphatic rings. The number of nitrogens with zero attached hydrogens (tertiary/aromatic N) is 1. The van der Waals surface area contributed by atoms with Gasteiger partial charge in [0, 0.05) is 0 Å². The molecule has 0 unspecified atom stereocenters. The molecule has 0 saturated heterocycles. The van der Waals surface area contributed by atoms with Gasteiger partial charge in [0.15, 0.2) is 0 Å². The second kappa shape index (κ2) is 4.70. The van der Waals surface area contributed by atoms with E-state index in [-0.39, 0.29) is 6.61 Å². The smallest absolute Gasteiger partial charge is 0.293 e. The Balaban J connectivity index is 2.29. The summed E-state index contributed by atoms with van der Waals surface area (Å²) in [5, 5.41) is 0. The highest BCUT2D eigenvalue weighted by Gasteiger charge is 2.07. The van der Waals surface area contributed by atoms with Gasteiger partial charge in [-0.2, -0.15) is 0 Å². The van der Waals surface area contributed by atoms with Crippen LogP contribution in [0.15, 0.2) is 35.8 Å². The lowest BCUT2D eigenvalue weighted by Gasteiger charge is -2.00. The number of rotatable bonds is 4. The summed E-state index contributed by atoms with van der Waals surface area (Å²) in [4.78, 5) is 15.3. The molecule has 0 aliphatic heterocycles. The number of aromatic nitrogens is 1. The van der Waals surface area contributed by atoms with Crippen molar-refractivity contribution in [2.75, 3.05) is 0 Å². The molecule has 0 radical (unpaired) electrons. The molecule has 0 N–H and O–H groups in total. The lowest BCUT2D eigenvalue weighted by atomic mass is 10.1. The Morgan fingerprint density at radius 3 is 2.87 bits per heavy atom. The lowest BCUT2D eigenvalue weighted by molar-refractivity contribution is -0.129. The van der Waals surface area contributed by atoms with E-state index in [1.54, 1.807) is 16.8 Å². The minimum atomic E-state index is 0.233. The minimum absolute atomic E-state index is 0.233. The number of hydrogen-bond acceptors (Lipinski definition) is 4. The van der Waals surface area contributed by atoms with Gasteiger partial charge < -0.3 is 4.74 Å². The monoisotopic (exact) mass is 219 g/mol. The van der Waals surface area contributed by atoms with Crippen molar-refractivity contribution in [2.45, 2.75) is 6.61 Å². The summed E-state index contributed by atoms with van der Waals surface area (Å²) < 4.78 is 4.70. The maximum atomic E-state index is 10.1. The highest BCUT2D eigenvalue weighted by Crippen LogP contribution is 2.27. The van der Waals surface area contributed by atoms with E-state index >= 15 is 0 Å². The van der Waals surface area contributed by atoms with Gasteiger partial charge in [0.2, 0.25) is 0 Å². The van der Waals surface area contributed by atoms with E-state index < -0.39 is 0 Å². The predicted octanol–water partition coefficient (Wildman–Crippen LogP) is 2.48. The summed E-state index contributed by atoms with van der Waals surface area (Å²) in [6, 6.07) is 9.93. The molecule has 0 atom stereocenters. The number of hydrogen-bond donors (Lipinski definition) is 0. The van der Waals surface area contributed by atoms with Crippen molar-refractivity contribution in [3.05, 3.63) is 41.5 Å². The fourth-order valence-electron chi connectivity index (χ4n) is 1.31. The molecule has 1 aromatic heterocycles. The van der Waals surface area contributed by atoms with Crippen LogP contribution in [0.25, 0.3) is 10.4 Å². The van der Waals surface area contributed by atoms with Gasteiger partial charge in [-0.25, -0.2) is 4.98 Å². The molecule has 0 saturated carbocycles. The fraction of sp³-hybridized carbons (Fsp3) is 0.0909. The average Bonchev–Trinajstić information content (AvgIpc) is 2.75. The molecule has 76 valence electrons. The van der Waals surface area contributed by atoms with Crippen molar-refractivity contribution in [3.8, 4) is 10.4 Å². The molecule has 1 aromatic carbocycles. The van der Waals surface area contributed by atoms with Crippen LogP contribution in [0, 0.1) is 0 Å². The van der Waals surface area contributed by atoms with Crippen molar-refractivity contribution in [1.29, 1.82) is 0 Å². The second-order valence-electron chi connectivity index (χ2n) is 2.90. The summed E-state index contributed by atoms with van der Waals surface area (Å²) in [5.41, 5.74) is 3.66. The Bertz CT molecular complexity index is 439. The number of carbonyl (C=O) groups excluding carboxylic acids is 1. The third-order valence-corrected chi connectivity index (χ3v) is 2.88. The molecule has 2 rings (SSSR count). The molecule has 0 spiro atoms. The number of ether oxygens (including phenoxy) is 1. The molecule has 3 nitrogen and oxygen atoms in total. The zero-order chi connectivity index (χ0) is 10.5. The summed E-state index contributed by atoms with van der Waals surface area (Å²) >= 11 is 1.55. The van der Waals surface area contributed by atoms with E-state index in [1.165, 1.54) is 0 Å². The molecule has 0 bridgehead atoms. The van der Waals surface area contributed by atoms with Gasteiger partial charge >= 0.3 is 0 Å². The van der Waals surface area contributed by atoms with Gasteiger partial charge in [0.05, 0.1) is 16.1 Å². The van der Waals surface area contributed by atoms with Crippen molar-refractivity contribution in [2.24, 2.45) is 0 Å². The van der Waals surface area contributed by atoms with Crippen molar-refractivity contribution < 1.29 is 9.53 Å². The van der Waals surface area contributed by atoms with E-state index in [2.05, 4.69) is 4.98 Å². The van der Waals surface area contributed by atoms with E-state index in [0.29, 0.717) is 6.47 Å². The Labute approximate surface area is 91.4 Å². The molecule has 4 heteroatoms. The average molecular weight is 219 g/mol. The topological polar surface area (TPSA) is 39.2 Å². The normalized spacial score (nSPS) is 9.87. The van der Waals surface area contributed by atoms with Gasteiger partial charge in [0.25, 0.3) is 6.47 Å². The first-order chi connectivity index (χ1) is 7.42. The fourth-order valence-corrected chi connectivity index (χ4v) is 2.11. The van der Waals surface area contributed by atoms with E-state index in [1.807, 2.05) is 30.3 Å². The molecular formula is C11H9NO2S. The predicted molar refractivity (Wildman–Crippen MR) is 58.4 cm³/mol. The molecule has 0 amide bonds. The molecule has 0 fully saturated rings. The first-order valence-corrected chi connectivity index (χ1v) is 5.33. The first-order valence-electron chi connectivity index (χ1n) is 4.45. The van der Waals surface area contributed by atoms with Gasteiger partial charge in [0.1, 0.15) is 6.61 Å². The quantitative estimate of drug-likeness (QED) is 0.741. The molecular weight excluding hydrogens is 210 g/mol. The standard InChI is InChI=1S/C11H9NO2S/c13-8-14-6-10-11(15-7-12-10)9-4-2-1-3-5-9/h1-5,7-8H,6H2. The van der Waals surface area contributed by atoms with Crippen LogP contribution in [-0.4, -0.2) is 11.5 Å². The maximum Gasteiger partial charge on any atom is 0.293 e. The SMILES string of the molecule is O=COCc1ncsc1-c1ccccc1. The third-order valence-electron chi connectivity index (χ3n) is 1.97. The third kappa shape index (κ3) is 2.22. The highest BCUT2D eigenvalue weighted by atomic mass is 32.1. The lowest BCUT2D eigenvalue weighted by Crippen LogP contribution is -1.92. The van der Waals surface area contributed by atoms with Crippen LogP contribution < -0.4 is 0 Å². The van der Waals surface area contributed by atoms with Gasteiger partial charge in [-0.1, -0.05) is 30.3 Å². The first kappa shape index (κ1) is 9.86. The van der Waals surface area contributed by atoms with Crippen LogP contribution in [-0.2, 0) is 16.1 Å². The zero-order valence-corrected chi connectivity index (χ0v) is 8.74. The molecule has 0 aliphatic carbocycles. The zero-order valence-electron chi connectivity index (χ0n) is 7.92. The van der Waals surface area contributed by atoms with Crippen LogP contribution in [0.2, 0.25) is 0 Å². The maximum absolute atomic E-state index is 10.1. The number of carbonyl (C=O) groups is 1. The highest BCUT2D eigenvalue weighted by molar-refractivity contribution is 7.13. The van der Waals surface area contributed by atoms with Crippen LogP contribution in [0.3, 0.4) is 0 Å². The summed E-state index contributed by atoms with van der Waals surface area (Å²) in [7, 11) is 0. The van der Waals surface area contributed by atoms with Crippen LogP contribution in [0.4, 0.5) is 0 Å². The second-order valence-corrected chi connectivity index (χ2v) is 3.76. The van der Waals surface area contributed by atoms with Crippen LogP contribution in [0.1, 0.15) is 5.69 Å². The van der Waals surface area contributed by atoms with E-state index in [9.17, 15) is 4.79 Å². The van der Waals surface area contributed by atoms with Crippen LogP contribution >= 0.6 is 11.3 Å². The Kier molecular flexibility index (Phi) is 3.09. The molecule has 2 aromatic rings. The van der Waals surface area contributed by atoms with Crippen molar-refractivity contribution in [3.63, 3.8) is 0 Å². The summed E-state index contributed by atoms with van der Waals surface area (Å²) in [6.07, 6.45) is 0.